The Kier molecular flexibility index (Phi) is 21.9. The first-order valence-corrected chi connectivity index (χ1v) is 14.6. The van der Waals surface area contributed by atoms with E-state index in [4.69, 9.17) is 4.99 Å². The number of nitrogens with zero attached hydrogens (tertiary/aromatic N) is 2. The number of hydrogen-bond donors (Lipinski definition) is 3. The van der Waals surface area contributed by atoms with Gasteiger partial charge in [-0.2, -0.15) is 0 Å². The fourth-order valence-corrected chi connectivity index (χ4v) is 3.55. The molecule has 0 fully saturated rings. The number of hydrogen-bond acceptors (Lipinski definition) is 5. The molecule has 3 N–H and O–H groups in total. The molecule has 1 unspecified atom stereocenters. The number of benzene rings is 1. The van der Waals surface area contributed by atoms with Crippen molar-refractivity contribution in [2.24, 2.45) is 16.8 Å². The van der Waals surface area contributed by atoms with E-state index in [-0.39, 0.29) is 0 Å². The van der Waals surface area contributed by atoms with Gasteiger partial charge in [0.1, 0.15) is 0 Å². The van der Waals surface area contributed by atoms with Gasteiger partial charge in [0, 0.05) is 43.4 Å². The summed E-state index contributed by atoms with van der Waals surface area (Å²) in [5, 5.41) is 4.21. The number of allylic oxidation sites excluding steroid dienone is 2. The van der Waals surface area contributed by atoms with Gasteiger partial charge in [0.05, 0.1) is 6.54 Å². The molecule has 6 heteroatoms. The molecule has 0 aromatic heterocycles. The van der Waals surface area contributed by atoms with E-state index in [2.05, 4.69) is 81.6 Å². The molecule has 1 atom stereocenters. The third-order valence-electron chi connectivity index (χ3n) is 6.03. The van der Waals surface area contributed by atoms with Gasteiger partial charge >= 0.3 is 0 Å². The Morgan fingerprint density at radius 3 is 2.21 bits per heavy atom. The maximum absolute atomic E-state index is 12.2. The number of nitrogens with one attached hydrogen (secondary N) is 3. The summed E-state index contributed by atoms with van der Waals surface area (Å²) in [7, 11) is 0. The van der Waals surface area contributed by atoms with Crippen molar-refractivity contribution in [1.29, 1.82) is 0 Å². The van der Waals surface area contributed by atoms with Crippen molar-refractivity contribution in [2.45, 2.75) is 93.5 Å². The van der Waals surface area contributed by atoms with E-state index in [0.29, 0.717) is 19.0 Å². The third-order valence-corrected chi connectivity index (χ3v) is 6.03. The summed E-state index contributed by atoms with van der Waals surface area (Å²) in [6.07, 6.45) is 12.1. The van der Waals surface area contributed by atoms with Crippen molar-refractivity contribution in [3.8, 4) is 0 Å². The van der Waals surface area contributed by atoms with Crippen molar-refractivity contribution in [3.63, 3.8) is 0 Å². The molecule has 38 heavy (non-hydrogen) atoms. The molecule has 0 amide bonds. The van der Waals surface area contributed by atoms with Crippen LogP contribution in [0.1, 0.15) is 92.6 Å². The molecule has 0 spiro atoms. The quantitative estimate of drug-likeness (QED) is 0.0557. The van der Waals surface area contributed by atoms with Crippen LogP contribution in [0.15, 0.2) is 71.6 Å². The van der Waals surface area contributed by atoms with E-state index >= 15 is 0 Å². The number of aliphatic imine (C=N–C) groups is 1. The summed E-state index contributed by atoms with van der Waals surface area (Å²) in [6, 6.07) is 10.4. The SMILES string of the molecule is C=C(/C=C\NN/C=C(\C(CCC)=NCc1ccccc1)C(C)C)NCCC(C)CC.CCCN(F)CCC. The normalized spacial score (nSPS) is 12.9. The predicted molar refractivity (Wildman–Crippen MR) is 165 cm³/mol. The monoisotopic (exact) mass is 529 g/mol. The van der Waals surface area contributed by atoms with E-state index in [1.54, 1.807) is 0 Å². The molecule has 0 aliphatic rings. The Labute approximate surface area is 233 Å². The van der Waals surface area contributed by atoms with E-state index in [9.17, 15) is 4.48 Å². The predicted octanol–water partition coefficient (Wildman–Crippen LogP) is 8.11. The van der Waals surface area contributed by atoms with E-state index < -0.39 is 0 Å². The van der Waals surface area contributed by atoms with E-state index in [0.717, 1.165) is 61.9 Å². The standard InChI is InChI=1S/C26H42N4.C6H14FN/c1-7-12-26(28-19-24-13-10-9-11-14-24)25(21(3)4)20-30-29-18-16-23(6)27-17-15-22(5)8-2;1-3-5-8(7)6-4-2/h9-11,13-14,16,18,20-22,27,29-30H,6-8,12,15,17,19H2,1-5H3;3-6H2,1-2H3/b18-16-,25-20-,28-26?;. The minimum absolute atomic E-state index is 0.390. The molecular weight excluding hydrogens is 473 g/mol. The largest absolute Gasteiger partial charge is 0.385 e. The zero-order chi connectivity index (χ0) is 28.6. The summed E-state index contributed by atoms with van der Waals surface area (Å²) in [6.45, 7) is 21.9. The molecule has 0 saturated carbocycles. The van der Waals surface area contributed by atoms with Gasteiger partial charge in [0.15, 0.2) is 0 Å². The molecule has 5 nitrogen and oxygen atoms in total. The average Bonchev–Trinajstić information content (AvgIpc) is 2.90. The van der Waals surface area contributed by atoms with Gasteiger partial charge in [0.25, 0.3) is 0 Å². The molecular formula is C32H56FN5. The van der Waals surface area contributed by atoms with Crippen LogP contribution >= 0.6 is 0 Å². The summed E-state index contributed by atoms with van der Waals surface area (Å²) in [4.78, 5) is 4.93. The van der Waals surface area contributed by atoms with Crippen molar-refractivity contribution < 1.29 is 4.48 Å². The molecule has 1 rings (SSSR count). The van der Waals surface area contributed by atoms with Gasteiger partial charge in [0.2, 0.25) is 0 Å². The zero-order valence-electron chi connectivity index (χ0n) is 25.3. The van der Waals surface area contributed by atoms with Gasteiger partial charge in [-0.05, 0) is 54.7 Å². The lowest BCUT2D eigenvalue weighted by molar-refractivity contribution is 0.0259. The number of halogens is 1. The van der Waals surface area contributed by atoms with Gasteiger partial charge in [-0.25, -0.2) is 0 Å². The lowest BCUT2D eigenvalue weighted by atomic mass is 9.96. The molecule has 0 saturated heterocycles. The smallest absolute Gasteiger partial charge is 0.0643 e. The van der Waals surface area contributed by atoms with E-state index in [1.807, 2.05) is 38.4 Å². The van der Waals surface area contributed by atoms with Gasteiger partial charge in [-0.15, -0.1) is 9.60 Å². The minimum atomic E-state index is 0.390. The highest BCUT2D eigenvalue weighted by atomic mass is 19.2. The highest BCUT2D eigenvalue weighted by Gasteiger charge is 2.10. The minimum Gasteiger partial charge on any atom is -0.385 e. The second kappa shape index (κ2) is 23.5. The van der Waals surface area contributed by atoms with Crippen LogP contribution in [0.5, 0.6) is 0 Å². The van der Waals surface area contributed by atoms with Crippen molar-refractivity contribution in [1.82, 2.24) is 21.3 Å². The van der Waals surface area contributed by atoms with Crippen LogP contribution in [-0.4, -0.2) is 30.5 Å². The maximum atomic E-state index is 12.2. The molecule has 1 aromatic rings. The summed E-state index contributed by atoms with van der Waals surface area (Å²) < 4.78 is 12.2. The Morgan fingerprint density at radius 1 is 1.00 bits per heavy atom. The van der Waals surface area contributed by atoms with Crippen molar-refractivity contribution in [3.05, 3.63) is 72.2 Å². The van der Waals surface area contributed by atoms with Gasteiger partial charge in [-0.1, -0.05) is 98.2 Å². The number of rotatable bonds is 19. The highest BCUT2D eigenvalue weighted by molar-refractivity contribution is 6.00. The van der Waals surface area contributed by atoms with Crippen LogP contribution in [0.2, 0.25) is 0 Å². The Hall–Kier alpha value is -2.60. The van der Waals surface area contributed by atoms with Crippen LogP contribution in [0, 0.1) is 11.8 Å². The topological polar surface area (TPSA) is 51.7 Å². The zero-order valence-corrected chi connectivity index (χ0v) is 25.3. The molecule has 0 aliphatic carbocycles. The fraction of sp³-hybridized carbons (Fsp3) is 0.594. The molecule has 0 radical (unpaired) electrons. The number of hydrazine groups is 1. The summed E-state index contributed by atoms with van der Waals surface area (Å²) >= 11 is 0. The highest BCUT2D eigenvalue weighted by Crippen LogP contribution is 2.16. The van der Waals surface area contributed by atoms with Crippen LogP contribution in [0.25, 0.3) is 0 Å². The Morgan fingerprint density at radius 2 is 1.66 bits per heavy atom. The first-order valence-electron chi connectivity index (χ1n) is 14.6. The van der Waals surface area contributed by atoms with Crippen LogP contribution in [-0.2, 0) is 6.54 Å². The van der Waals surface area contributed by atoms with Crippen molar-refractivity contribution in [2.75, 3.05) is 19.6 Å². The molecule has 1 aromatic carbocycles. The lowest BCUT2D eigenvalue weighted by Crippen LogP contribution is -2.24. The van der Waals surface area contributed by atoms with Crippen molar-refractivity contribution >= 4 is 5.71 Å². The summed E-state index contributed by atoms with van der Waals surface area (Å²) in [5.74, 6) is 1.14. The first kappa shape index (κ1) is 35.4. The Bertz CT molecular complexity index is 795. The lowest BCUT2D eigenvalue weighted by Gasteiger charge is -2.15. The maximum Gasteiger partial charge on any atom is 0.0643 e. The van der Waals surface area contributed by atoms with Crippen LogP contribution in [0.4, 0.5) is 4.48 Å². The fourth-order valence-electron chi connectivity index (χ4n) is 3.55. The van der Waals surface area contributed by atoms with Crippen LogP contribution < -0.4 is 16.2 Å². The third kappa shape index (κ3) is 18.6. The molecule has 0 heterocycles. The first-order chi connectivity index (χ1) is 18.3. The second-order valence-electron chi connectivity index (χ2n) is 10.0. The van der Waals surface area contributed by atoms with Crippen LogP contribution in [0.3, 0.4) is 0 Å². The molecule has 0 aliphatic heterocycles. The molecule has 216 valence electrons. The molecule has 0 bridgehead atoms. The second-order valence-corrected chi connectivity index (χ2v) is 10.0. The van der Waals surface area contributed by atoms with Gasteiger partial charge in [-0.3, -0.25) is 4.99 Å². The van der Waals surface area contributed by atoms with Gasteiger partial charge < -0.3 is 16.2 Å². The van der Waals surface area contributed by atoms with E-state index in [1.165, 1.54) is 23.3 Å². The Balaban J connectivity index is 0.00000147. The summed E-state index contributed by atoms with van der Waals surface area (Å²) in [5.41, 5.74) is 10.9. The average molecular weight is 530 g/mol.